The van der Waals surface area contributed by atoms with Gasteiger partial charge in [-0.05, 0) is 112 Å². The van der Waals surface area contributed by atoms with Gasteiger partial charge >= 0.3 is 0 Å². The number of nitrogens with two attached hydrogens (primary N) is 1. The molecule has 218 valence electrons. The van der Waals surface area contributed by atoms with E-state index in [1.165, 1.54) is 12.3 Å². The van der Waals surface area contributed by atoms with Crippen LogP contribution in [0, 0.1) is 0 Å². The van der Waals surface area contributed by atoms with Crippen LogP contribution in [0.15, 0.2) is 0 Å². The molecule has 0 aliphatic heterocycles. The molecule has 0 amide bonds. The Morgan fingerprint density at radius 3 is 1.31 bits per heavy atom. The fourth-order valence-corrected chi connectivity index (χ4v) is 6.69. The second-order valence-corrected chi connectivity index (χ2v) is 13.7. The maximum absolute atomic E-state index is 6.52. The summed E-state index contributed by atoms with van der Waals surface area (Å²) in [6.45, 7) is 20.2. The number of hydrogen-bond donors (Lipinski definition) is 1. The molecule has 0 saturated heterocycles. The van der Waals surface area contributed by atoms with Gasteiger partial charge in [0.2, 0.25) is 0 Å². The van der Waals surface area contributed by atoms with Crippen LogP contribution in [0.2, 0.25) is 0 Å². The van der Waals surface area contributed by atoms with E-state index in [0.717, 1.165) is 74.6 Å². The first-order chi connectivity index (χ1) is 17.0. The lowest BCUT2D eigenvalue weighted by molar-refractivity contribution is -0.181. The molecule has 0 aliphatic rings. The average molecular weight is 554 g/mol. The Balaban J connectivity index is 4.69. The van der Waals surface area contributed by atoms with Gasteiger partial charge in [-0.1, -0.05) is 6.92 Å². The van der Waals surface area contributed by atoms with E-state index in [0.29, 0.717) is 6.54 Å². The molecule has 0 radical (unpaired) electrons. The minimum absolute atomic E-state index is 0.0880. The van der Waals surface area contributed by atoms with Crippen molar-refractivity contribution in [1.82, 2.24) is 0 Å². The zero-order chi connectivity index (χ0) is 27.4. The van der Waals surface area contributed by atoms with Crippen molar-refractivity contribution in [2.24, 2.45) is 5.73 Å². The molecule has 0 spiro atoms. The van der Waals surface area contributed by atoms with Crippen LogP contribution < -0.4 is 5.73 Å². The summed E-state index contributed by atoms with van der Waals surface area (Å²) in [7, 11) is 1.77. The minimum atomic E-state index is -0.105. The second-order valence-electron chi connectivity index (χ2n) is 10.7. The highest BCUT2D eigenvalue weighted by atomic mass is 31.1. The Hall–Kier alpha value is 0.620. The van der Waals surface area contributed by atoms with E-state index in [4.69, 9.17) is 29.4 Å². The molecule has 2 atom stereocenters. The molecule has 6 nitrogen and oxygen atoms in total. The van der Waals surface area contributed by atoms with Crippen molar-refractivity contribution in [3.05, 3.63) is 0 Å². The molecule has 36 heavy (non-hydrogen) atoms. The summed E-state index contributed by atoms with van der Waals surface area (Å²) in [5.41, 5.74) is 5.98. The molecule has 0 aromatic rings. The zero-order valence-electron chi connectivity index (χ0n) is 25.1. The fourth-order valence-electron chi connectivity index (χ4n) is 4.05. The average Bonchev–Trinajstić information content (AvgIpc) is 2.75. The van der Waals surface area contributed by atoms with Gasteiger partial charge in [-0.15, -0.1) is 17.2 Å². The summed E-state index contributed by atoms with van der Waals surface area (Å²) in [6, 6.07) is 0. The second kappa shape index (κ2) is 22.4. The highest BCUT2D eigenvalue weighted by Crippen LogP contribution is 2.32. The molecule has 8 heteroatoms. The highest BCUT2D eigenvalue weighted by Gasteiger charge is 2.29. The van der Waals surface area contributed by atoms with Crippen molar-refractivity contribution in [3.63, 3.8) is 0 Å². The smallest absolute Gasteiger partial charge is 0.158 e. The van der Waals surface area contributed by atoms with Crippen LogP contribution in [0.4, 0.5) is 0 Å². The van der Waals surface area contributed by atoms with E-state index in [9.17, 15) is 0 Å². The largest absolute Gasteiger partial charge is 0.375 e. The zero-order valence-corrected chi connectivity index (χ0v) is 27.1. The van der Waals surface area contributed by atoms with Crippen LogP contribution in [0.25, 0.3) is 0 Å². The summed E-state index contributed by atoms with van der Waals surface area (Å²) in [5, 5.41) is 0. The Morgan fingerprint density at radius 1 is 0.611 bits per heavy atom. The molecule has 2 N–H and O–H groups in total. The summed E-state index contributed by atoms with van der Waals surface area (Å²) in [5.74, 6) is 0. The van der Waals surface area contributed by atoms with Crippen molar-refractivity contribution in [1.29, 1.82) is 0 Å². The van der Waals surface area contributed by atoms with Crippen molar-refractivity contribution in [2.45, 2.75) is 143 Å². The third kappa shape index (κ3) is 20.6. The molecule has 0 heterocycles. The fraction of sp³-hybridized carbons (Fsp3) is 1.00. The van der Waals surface area contributed by atoms with Gasteiger partial charge in [0.1, 0.15) is 0 Å². The number of rotatable bonds is 25. The molecule has 0 rings (SSSR count). The van der Waals surface area contributed by atoms with Crippen molar-refractivity contribution >= 4 is 17.2 Å². The van der Waals surface area contributed by atoms with E-state index in [2.05, 4.69) is 62.3 Å². The third-order valence-electron chi connectivity index (χ3n) is 5.54. The molecule has 0 aliphatic carbocycles. The van der Waals surface area contributed by atoms with E-state index in [-0.39, 0.29) is 42.6 Å². The number of ether oxygens (including phenoxy) is 5. The minimum Gasteiger partial charge on any atom is -0.375 e. The topological polar surface area (TPSA) is 72.2 Å². The molecule has 0 bridgehead atoms. The standard InChI is InChI=1S/C28H61NO5P2/c1-10-17-30-28(13-16-29,14-20-35-18-11-26(31-22(2)3)32-23(4)5)15-21-36-19-12-27(33-24(6)7)34-25(8)9/h22-27,35-36H,10-21,29H2,1-9H3. The maximum Gasteiger partial charge on any atom is 0.158 e. The normalized spacial score (nSPS) is 15.0. The first-order valence-electron chi connectivity index (χ1n) is 14.4. The molecular formula is C28H61NO5P2. The van der Waals surface area contributed by atoms with Crippen LogP contribution in [-0.2, 0) is 23.7 Å². The quantitative estimate of drug-likeness (QED) is 0.0764. The SMILES string of the molecule is CCCOC(CCN)(CCPCCC(OC(C)C)OC(C)C)CCPCCC(OC(C)C)OC(C)C. The van der Waals surface area contributed by atoms with Crippen LogP contribution in [0.1, 0.15) is 101 Å². The molecule has 0 saturated carbocycles. The first-order valence-corrected chi connectivity index (χ1v) is 17.2. The van der Waals surface area contributed by atoms with Gasteiger partial charge in [-0.25, -0.2) is 0 Å². The molecular weight excluding hydrogens is 492 g/mol. The van der Waals surface area contributed by atoms with Gasteiger partial charge in [-0.2, -0.15) is 0 Å². The highest BCUT2D eigenvalue weighted by molar-refractivity contribution is 7.38. The summed E-state index contributed by atoms with van der Waals surface area (Å²) >= 11 is 0. The van der Waals surface area contributed by atoms with Crippen LogP contribution in [-0.4, -0.2) is 80.4 Å². The van der Waals surface area contributed by atoms with Gasteiger partial charge in [0.25, 0.3) is 0 Å². The molecule has 0 aromatic heterocycles. The lowest BCUT2D eigenvalue weighted by Crippen LogP contribution is -2.37. The predicted octanol–water partition coefficient (Wildman–Crippen LogP) is 6.77. The van der Waals surface area contributed by atoms with E-state index >= 15 is 0 Å². The predicted molar refractivity (Wildman–Crippen MR) is 160 cm³/mol. The molecule has 0 fully saturated rings. The monoisotopic (exact) mass is 553 g/mol. The van der Waals surface area contributed by atoms with Crippen LogP contribution in [0.5, 0.6) is 0 Å². The van der Waals surface area contributed by atoms with E-state index in [1.807, 2.05) is 0 Å². The number of hydrogen-bond acceptors (Lipinski definition) is 6. The van der Waals surface area contributed by atoms with Gasteiger partial charge < -0.3 is 29.4 Å². The van der Waals surface area contributed by atoms with E-state index in [1.54, 1.807) is 0 Å². The van der Waals surface area contributed by atoms with Crippen LogP contribution in [0.3, 0.4) is 0 Å². The summed E-state index contributed by atoms with van der Waals surface area (Å²) in [4.78, 5) is 0. The Kier molecular flexibility index (Phi) is 22.8. The van der Waals surface area contributed by atoms with E-state index < -0.39 is 0 Å². The lowest BCUT2D eigenvalue weighted by Gasteiger charge is -2.34. The van der Waals surface area contributed by atoms with Gasteiger partial charge in [0, 0.05) is 19.4 Å². The van der Waals surface area contributed by atoms with Gasteiger partial charge in [-0.3, -0.25) is 0 Å². The Labute approximate surface area is 227 Å². The van der Waals surface area contributed by atoms with Crippen molar-refractivity contribution < 1.29 is 23.7 Å². The van der Waals surface area contributed by atoms with Gasteiger partial charge in [0.15, 0.2) is 12.6 Å². The van der Waals surface area contributed by atoms with Crippen LogP contribution >= 0.6 is 17.2 Å². The first kappa shape index (κ1) is 36.6. The Bertz CT molecular complexity index is 441. The lowest BCUT2D eigenvalue weighted by atomic mass is 9.93. The van der Waals surface area contributed by atoms with Gasteiger partial charge in [0.05, 0.1) is 30.0 Å². The third-order valence-corrected chi connectivity index (χ3v) is 8.03. The Morgan fingerprint density at radius 2 is 1.00 bits per heavy atom. The molecule has 0 aromatic carbocycles. The summed E-state index contributed by atoms with van der Waals surface area (Å²) < 4.78 is 30.4. The summed E-state index contributed by atoms with van der Waals surface area (Å²) in [6.07, 6.45) is 11.2. The molecule has 2 unspecified atom stereocenters. The van der Waals surface area contributed by atoms with Crippen molar-refractivity contribution in [2.75, 3.05) is 37.8 Å². The maximum atomic E-state index is 6.52. The van der Waals surface area contributed by atoms with Crippen molar-refractivity contribution in [3.8, 4) is 0 Å².